The largest absolute Gasteiger partial charge is 1.00 e. The molecule has 2 fully saturated rings. The van der Waals surface area contributed by atoms with E-state index in [2.05, 4.69) is 34.5 Å². The first-order chi connectivity index (χ1) is 8.73. The zero-order chi connectivity index (χ0) is 12.4. The summed E-state index contributed by atoms with van der Waals surface area (Å²) in [5.41, 5.74) is 0.814. The molecule has 1 heterocycles. The molecule has 5 heteroatoms. The van der Waals surface area contributed by atoms with Crippen LogP contribution in [0.4, 0.5) is 0 Å². The zero-order valence-electron chi connectivity index (χ0n) is 11.6. The van der Waals surface area contributed by atoms with Crippen molar-refractivity contribution in [2.24, 2.45) is 0 Å². The molecular weight excluding hydrogens is 295 g/mol. The molecule has 0 radical (unpaired) electrons. The maximum atomic E-state index is 10.5. The highest BCUT2D eigenvalue weighted by atomic mass is 35.5. The summed E-state index contributed by atoms with van der Waals surface area (Å²) in [4.78, 5) is 2.35. The Bertz CT molecular complexity index is 400. The van der Waals surface area contributed by atoms with Gasteiger partial charge in [0.15, 0.2) is 0 Å². The van der Waals surface area contributed by atoms with E-state index in [1.807, 2.05) is 6.07 Å². The van der Waals surface area contributed by atoms with E-state index >= 15 is 0 Å². The van der Waals surface area contributed by atoms with Gasteiger partial charge in [-0.15, -0.1) is 0 Å². The van der Waals surface area contributed by atoms with E-state index in [0.29, 0.717) is 6.04 Å². The van der Waals surface area contributed by atoms with Crippen LogP contribution in [-0.4, -0.2) is 41.3 Å². The van der Waals surface area contributed by atoms with Crippen molar-refractivity contribution in [2.45, 2.75) is 37.5 Å². The molecule has 1 saturated carbocycles. The van der Waals surface area contributed by atoms with Crippen molar-refractivity contribution in [3.05, 3.63) is 35.9 Å². The van der Waals surface area contributed by atoms with E-state index in [0.717, 1.165) is 32.6 Å². The smallest absolute Gasteiger partial charge is 0.0910 e. The summed E-state index contributed by atoms with van der Waals surface area (Å²) < 4.78 is 0. The molecule has 1 aliphatic heterocycles. The molecule has 1 aliphatic carbocycles. The van der Waals surface area contributed by atoms with E-state index in [-0.39, 0.29) is 24.8 Å². The molecule has 0 spiro atoms. The second-order valence-electron chi connectivity index (χ2n) is 5.83. The fourth-order valence-corrected chi connectivity index (χ4v) is 2.68. The molecule has 0 amide bonds. The summed E-state index contributed by atoms with van der Waals surface area (Å²) >= 11 is 0. The van der Waals surface area contributed by atoms with E-state index in [4.69, 9.17) is 0 Å². The third-order valence-corrected chi connectivity index (χ3v) is 3.96. The van der Waals surface area contributed by atoms with E-state index < -0.39 is 5.60 Å². The Morgan fingerprint density at radius 3 is 2.55 bits per heavy atom. The van der Waals surface area contributed by atoms with Crippen molar-refractivity contribution in [1.29, 1.82) is 0 Å². The number of benzene rings is 1. The highest BCUT2D eigenvalue weighted by Crippen LogP contribution is 2.25. The predicted molar refractivity (Wildman–Crippen MR) is 72.3 cm³/mol. The Morgan fingerprint density at radius 2 is 1.90 bits per heavy atom. The van der Waals surface area contributed by atoms with E-state index in [9.17, 15) is 5.11 Å². The van der Waals surface area contributed by atoms with Crippen molar-refractivity contribution < 1.29 is 29.9 Å². The van der Waals surface area contributed by atoms with Crippen LogP contribution in [0.25, 0.3) is 0 Å². The van der Waals surface area contributed by atoms with Gasteiger partial charge in [0.1, 0.15) is 0 Å². The Kier molecular flexibility index (Phi) is 6.76. The lowest BCUT2D eigenvalue weighted by Gasteiger charge is -2.24. The van der Waals surface area contributed by atoms with Crippen molar-refractivity contribution in [2.75, 3.05) is 19.6 Å². The van der Waals surface area contributed by atoms with Gasteiger partial charge >= 0.3 is 0 Å². The van der Waals surface area contributed by atoms with Gasteiger partial charge in [0, 0.05) is 32.2 Å². The third kappa shape index (κ3) is 4.90. The maximum Gasteiger partial charge on any atom is 0.0910 e. The molecule has 2 N–H and O–H groups in total. The summed E-state index contributed by atoms with van der Waals surface area (Å²) in [7, 11) is 0. The zero-order valence-corrected chi connectivity index (χ0v) is 13.1. The number of likely N-dealkylation sites (tertiary alicyclic amines) is 1. The number of nitrogens with zero attached hydrogens (tertiary/aromatic N) is 1. The van der Waals surface area contributed by atoms with Gasteiger partial charge in [-0.05, 0) is 24.8 Å². The van der Waals surface area contributed by atoms with Crippen LogP contribution in [0.1, 0.15) is 24.8 Å². The minimum absolute atomic E-state index is 0. The van der Waals surface area contributed by atoms with Crippen LogP contribution in [0.3, 0.4) is 0 Å². The summed E-state index contributed by atoms with van der Waals surface area (Å²) in [6.07, 6.45) is 3.45. The SMILES string of the molecule is OC1(CNC2CC2)CCN(Cc2ccccc2)C1.[Cl-].[Cl-]. The molecule has 3 nitrogen and oxygen atoms in total. The normalized spacial score (nSPS) is 25.9. The van der Waals surface area contributed by atoms with Gasteiger partial charge < -0.3 is 35.2 Å². The first-order valence-electron chi connectivity index (χ1n) is 6.96. The Morgan fingerprint density at radius 1 is 1.20 bits per heavy atom. The molecule has 2 aliphatic rings. The maximum absolute atomic E-state index is 10.5. The molecule has 0 aromatic heterocycles. The number of hydrogen-bond acceptors (Lipinski definition) is 3. The van der Waals surface area contributed by atoms with Gasteiger partial charge in [-0.3, -0.25) is 4.90 Å². The van der Waals surface area contributed by atoms with Gasteiger partial charge in [0.2, 0.25) is 0 Å². The Labute approximate surface area is 133 Å². The van der Waals surface area contributed by atoms with E-state index in [1.165, 1.54) is 18.4 Å². The lowest BCUT2D eigenvalue weighted by atomic mass is 10.0. The number of aliphatic hydroxyl groups is 1. The van der Waals surface area contributed by atoms with Gasteiger partial charge in [-0.1, -0.05) is 30.3 Å². The van der Waals surface area contributed by atoms with Crippen LogP contribution in [0, 0.1) is 0 Å². The van der Waals surface area contributed by atoms with Crippen molar-refractivity contribution in [3.8, 4) is 0 Å². The fraction of sp³-hybridized carbons (Fsp3) is 0.600. The molecule has 1 aromatic carbocycles. The minimum Gasteiger partial charge on any atom is -1.00 e. The molecule has 1 unspecified atom stereocenters. The topological polar surface area (TPSA) is 35.5 Å². The summed E-state index contributed by atoms with van der Waals surface area (Å²) in [6, 6.07) is 11.2. The first kappa shape index (κ1) is 17.7. The average molecular weight is 317 g/mol. The quantitative estimate of drug-likeness (QED) is 0.574. The molecule has 114 valence electrons. The Hall–Kier alpha value is -0.320. The number of rotatable bonds is 5. The van der Waals surface area contributed by atoms with Crippen LogP contribution in [-0.2, 0) is 6.54 Å². The van der Waals surface area contributed by atoms with Crippen LogP contribution in [0.15, 0.2) is 30.3 Å². The lowest BCUT2D eigenvalue weighted by molar-refractivity contribution is -0.001000. The highest BCUT2D eigenvalue weighted by molar-refractivity contribution is 5.15. The molecule has 1 aromatic rings. The summed E-state index contributed by atoms with van der Waals surface area (Å²) in [6.45, 7) is 3.49. The standard InChI is InChI=1S/C15H22N2O.2ClH/c18-15(11-16-14-6-7-14)8-9-17(12-15)10-13-4-2-1-3-5-13;;/h1-5,14,16,18H,6-12H2;2*1H/p-2. The second kappa shape index (κ2) is 7.62. The predicted octanol–water partition coefficient (Wildman–Crippen LogP) is -4.62. The fourth-order valence-electron chi connectivity index (χ4n) is 2.68. The lowest BCUT2D eigenvalue weighted by Crippen LogP contribution is -3.00. The average Bonchev–Trinajstić information content (AvgIpc) is 3.14. The molecule has 1 saturated heterocycles. The Balaban J connectivity index is 0.000001000. The molecule has 3 rings (SSSR count). The number of β-amino-alcohol motifs (C(OH)–C–C–N with tert-alkyl or cyclic N) is 1. The van der Waals surface area contributed by atoms with Gasteiger partial charge in [-0.25, -0.2) is 0 Å². The monoisotopic (exact) mass is 316 g/mol. The van der Waals surface area contributed by atoms with Gasteiger partial charge in [-0.2, -0.15) is 0 Å². The summed E-state index contributed by atoms with van der Waals surface area (Å²) in [5.74, 6) is 0. The first-order valence-corrected chi connectivity index (χ1v) is 6.96. The van der Waals surface area contributed by atoms with Crippen LogP contribution < -0.4 is 30.1 Å². The summed E-state index contributed by atoms with van der Waals surface area (Å²) in [5, 5.41) is 14.0. The molecule has 20 heavy (non-hydrogen) atoms. The van der Waals surface area contributed by atoms with E-state index in [1.54, 1.807) is 0 Å². The second-order valence-corrected chi connectivity index (χ2v) is 5.83. The van der Waals surface area contributed by atoms with Crippen molar-refractivity contribution in [3.63, 3.8) is 0 Å². The van der Waals surface area contributed by atoms with Crippen molar-refractivity contribution >= 4 is 0 Å². The molecule has 1 atom stereocenters. The van der Waals surface area contributed by atoms with Crippen molar-refractivity contribution in [1.82, 2.24) is 10.2 Å². The molecule has 0 bridgehead atoms. The van der Waals surface area contributed by atoms with Gasteiger partial charge in [0.25, 0.3) is 0 Å². The molecular formula is C15H22Cl2N2O-2. The number of nitrogens with one attached hydrogen (secondary N) is 1. The highest BCUT2D eigenvalue weighted by Gasteiger charge is 2.37. The van der Waals surface area contributed by atoms with Gasteiger partial charge in [0.05, 0.1) is 5.60 Å². The van der Waals surface area contributed by atoms with Crippen LogP contribution in [0.2, 0.25) is 0 Å². The minimum atomic E-state index is -0.516. The van der Waals surface area contributed by atoms with Crippen LogP contribution >= 0.6 is 0 Å². The number of hydrogen-bond donors (Lipinski definition) is 2. The third-order valence-electron chi connectivity index (χ3n) is 3.96. The number of halogens is 2. The van der Waals surface area contributed by atoms with Crippen LogP contribution in [0.5, 0.6) is 0 Å².